The van der Waals surface area contributed by atoms with Crippen molar-refractivity contribution < 1.29 is 4.92 Å². The molecule has 1 aliphatic heterocycles. The lowest BCUT2D eigenvalue weighted by Gasteiger charge is -2.28. The molecular weight excluding hydrogens is 312 g/mol. The summed E-state index contributed by atoms with van der Waals surface area (Å²) in [4.78, 5) is 17.3. The Morgan fingerprint density at radius 2 is 2.26 bits per heavy atom. The topological polar surface area (TPSA) is 83.1 Å². The molecule has 0 aliphatic carbocycles. The number of non-ortho nitro benzene ring substituents is 1. The number of nitriles is 1. The van der Waals surface area contributed by atoms with Crippen molar-refractivity contribution in [3.8, 4) is 6.07 Å². The van der Waals surface area contributed by atoms with E-state index in [1.54, 1.807) is 12.1 Å². The maximum atomic E-state index is 10.9. The van der Waals surface area contributed by atoms with Gasteiger partial charge in [0.15, 0.2) is 0 Å². The van der Waals surface area contributed by atoms with Crippen LogP contribution in [-0.2, 0) is 0 Å². The van der Waals surface area contributed by atoms with Gasteiger partial charge in [0.05, 0.1) is 22.1 Å². The van der Waals surface area contributed by atoms with Crippen molar-refractivity contribution in [2.75, 3.05) is 23.0 Å². The molecule has 1 unspecified atom stereocenters. The number of benzene rings is 1. The van der Waals surface area contributed by atoms with Gasteiger partial charge in [0.1, 0.15) is 5.82 Å². The molecule has 118 valence electrons. The Hall–Kier alpha value is -2.33. The van der Waals surface area contributed by atoms with Gasteiger partial charge in [-0.15, -0.1) is 0 Å². The molecule has 0 amide bonds. The SMILES string of the molecule is CC1CCSCCN1c1cc(C#N)c2cc([N+](=O)[O-])ccc2n1. The molecule has 0 N–H and O–H groups in total. The van der Waals surface area contributed by atoms with E-state index in [9.17, 15) is 15.4 Å². The van der Waals surface area contributed by atoms with Crippen molar-refractivity contribution in [2.24, 2.45) is 0 Å². The van der Waals surface area contributed by atoms with Gasteiger partial charge in [-0.1, -0.05) is 0 Å². The molecule has 23 heavy (non-hydrogen) atoms. The summed E-state index contributed by atoms with van der Waals surface area (Å²) in [5.41, 5.74) is 1.02. The lowest BCUT2D eigenvalue weighted by atomic mass is 10.1. The summed E-state index contributed by atoms with van der Waals surface area (Å²) in [7, 11) is 0. The van der Waals surface area contributed by atoms with Crippen LogP contribution < -0.4 is 4.90 Å². The Kier molecular flexibility index (Phi) is 4.35. The second kappa shape index (κ2) is 6.42. The summed E-state index contributed by atoms with van der Waals surface area (Å²) in [6.07, 6.45) is 1.08. The van der Waals surface area contributed by atoms with Gasteiger partial charge in [-0.3, -0.25) is 10.1 Å². The smallest absolute Gasteiger partial charge is 0.270 e. The number of rotatable bonds is 2. The number of pyridine rings is 1. The molecule has 1 aliphatic rings. The van der Waals surface area contributed by atoms with Crippen molar-refractivity contribution in [1.29, 1.82) is 5.26 Å². The predicted molar refractivity (Wildman–Crippen MR) is 91.9 cm³/mol. The van der Waals surface area contributed by atoms with Crippen LogP contribution in [0.5, 0.6) is 0 Å². The highest BCUT2D eigenvalue weighted by atomic mass is 32.2. The average molecular weight is 328 g/mol. The van der Waals surface area contributed by atoms with Gasteiger partial charge in [0.25, 0.3) is 5.69 Å². The fourth-order valence-electron chi connectivity index (χ4n) is 2.79. The van der Waals surface area contributed by atoms with Gasteiger partial charge < -0.3 is 4.90 Å². The lowest BCUT2D eigenvalue weighted by molar-refractivity contribution is -0.384. The quantitative estimate of drug-likeness (QED) is 0.621. The molecule has 6 nitrogen and oxygen atoms in total. The van der Waals surface area contributed by atoms with Crippen molar-refractivity contribution in [2.45, 2.75) is 19.4 Å². The third-order valence-corrected chi connectivity index (χ3v) is 5.09. The fraction of sp³-hybridized carbons (Fsp3) is 0.375. The first kappa shape index (κ1) is 15.6. The van der Waals surface area contributed by atoms with Crippen LogP contribution in [0, 0.1) is 21.4 Å². The molecule has 1 aromatic heterocycles. The third-order valence-electron chi connectivity index (χ3n) is 4.09. The number of thioether (sulfide) groups is 1. The number of aromatic nitrogens is 1. The van der Waals surface area contributed by atoms with Crippen LogP contribution in [-0.4, -0.2) is 34.0 Å². The summed E-state index contributed by atoms with van der Waals surface area (Å²) >= 11 is 1.93. The van der Waals surface area contributed by atoms with Gasteiger partial charge in [0.2, 0.25) is 0 Å². The maximum absolute atomic E-state index is 10.9. The Morgan fingerprint density at radius 3 is 3.00 bits per heavy atom. The summed E-state index contributed by atoms with van der Waals surface area (Å²) < 4.78 is 0. The maximum Gasteiger partial charge on any atom is 0.270 e. The number of nitrogens with zero attached hydrogens (tertiary/aromatic N) is 4. The van der Waals surface area contributed by atoms with E-state index in [0.717, 1.165) is 30.3 Å². The summed E-state index contributed by atoms with van der Waals surface area (Å²) in [6.45, 7) is 3.06. The Bertz CT molecular complexity index is 803. The summed E-state index contributed by atoms with van der Waals surface area (Å²) in [6, 6.07) is 8.74. The van der Waals surface area contributed by atoms with Crippen LogP contribution in [0.15, 0.2) is 24.3 Å². The Balaban J connectivity index is 2.11. The van der Waals surface area contributed by atoms with E-state index < -0.39 is 4.92 Å². The van der Waals surface area contributed by atoms with Gasteiger partial charge in [0, 0.05) is 35.9 Å². The molecule has 0 bridgehead atoms. The molecule has 1 saturated heterocycles. The number of fused-ring (bicyclic) bond motifs is 1. The molecule has 7 heteroatoms. The van der Waals surface area contributed by atoms with Gasteiger partial charge in [-0.25, -0.2) is 4.98 Å². The monoisotopic (exact) mass is 328 g/mol. The highest BCUT2D eigenvalue weighted by molar-refractivity contribution is 7.99. The van der Waals surface area contributed by atoms with Crippen LogP contribution in [0.3, 0.4) is 0 Å². The zero-order valence-corrected chi connectivity index (χ0v) is 13.5. The first-order valence-electron chi connectivity index (χ1n) is 7.44. The number of nitro groups is 1. The van der Waals surface area contributed by atoms with Gasteiger partial charge in [-0.2, -0.15) is 17.0 Å². The van der Waals surface area contributed by atoms with E-state index in [1.807, 2.05) is 11.8 Å². The van der Waals surface area contributed by atoms with E-state index in [-0.39, 0.29) is 5.69 Å². The first-order valence-corrected chi connectivity index (χ1v) is 8.59. The van der Waals surface area contributed by atoms with Crippen molar-refractivity contribution >= 4 is 34.2 Å². The Labute approximate surface area is 138 Å². The number of hydrogen-bond acceptors (Lipinski definition) is 6. The number of hydrogen-bond donors (Lipinski definition) is 0. The second-order valence-electron chi connectivity index (χ2n) is 5.54. The Morgan fingerprint density at radius 1 is 1.43 bits per heavy atom. The molecule has 1 aromatic carbocycles. The minimum absolute atomic E-state index is 0.0249. The standard InChI is InChI=1S/C16H16N4O2S/c1-11-4-6-23-7-5-19(11)16-8-12(10-17)14-9-13(20(21)22)2-3-15(14)18-16/h2-3,8-9,11H,4-7H2,1H3. The minimum atomic E-state index is -0.456. The second-order valence-corrected chi connectivity index (χ2v) is 6.77. The van der Waals surface area contributed by atoms with E-state index >= 15 is 0 Å². The molecule has 2 heterocycles. The van der Waals surface area contributed by atoms with Crippen LogP contribution in [0.25, 0.3) is 10.9 Å². The minimum Gasteiger partial charge on any atom is -0.353 e. The highest BCUT2D eigenvalue weighted by Crippen LogP contribution is 2.28. The van der Waals surface area contributed by atoms with Crippen molar-refractivity contribution in [3.63, 3.8) is 0 Å². The van der Waals surface area contributed by atoms with Gasteiger partial charge >= 0.3 is 0 Å². The lowest BCUT2D eigenvalue weighted by Crippen LogP contribution is -2.34. The molecular formula is C16H16N4O2S. The molecule has 0 radical (unpaired) electrons. The van der Waals surface area contributed by atoms with Gasteiger partial charge in [-0.05, 0) is 31.2 Å². The van der Waals surface area contributed by atoms with E-state index in [1.165, 1.54) is 12.1 Å². The normalized spacial score (nSPS) is 18.4. The molecule has 1 atom stereocenters. The molecule has 1 fully saturated rings. The van der Waals surface area contributed by atoms with Crippen LogP contribution in [0.2, 0.25) is 0 Å². The van der Waals surface area contributed by atoms with Crippen LogP contribution in [0.4, 0.5) is 11.5 Å². The first-order chi connectivity index (χ1) is 11.1. The largest absolute Gasteiger partial charge is 0.353 e. The molecule has 0 spiro atoms. The highest BCUT2D eigenvalue weighted by Gasteiger charge is 2.20. The summed E-state index contributed by atoms with van der Waals surface area (Å²) in [5.74, 6) is 2.94. The van der Waals surface area contributed by atoms with Crippen molar-refractivity contribution in [1.82, 2.24) is 4.98 Å². The van der Waals surface area contributed by atoms with E-state index in [4.69, 9.17) is 0 Å². The van der Waals surface area contributed by atoms with Crippen molar-refractivity contribution in [3.05, 3.63) is 39.9 Å². The molecule has 2 aromatic rings. The van der Waals surface area contributed by atoms with E-state index in [0.29, 0.717) is 22.5 Å². The van der Waals surface area contributed by atoms with Crippen LogP contribution in [0.1, 0.15) is 18.9 Å². The fourth-order valence-corrected chi connectivity index (χ4v) is 3.83. The van der Waals surface area contributed by atoms with E-state index in [2.05, 4.69) is 22.9 Å². The average Bonchev–Trinajstić information content (AvgIpc) is 2.77. The zero-order valence-electron chi connectivity index (χ0n) is 12.7. The number of anilines is 1. The van der Waals surface area contributed by atoms with Crippen LogP contribution >= 0.6 is 11.8 Å². The third kappa shape index (κ3) is 3.08. The summed E-state index contributed by atoms with van der Waals surface area (Å²) in [5, 5.41) is 20.9. The predicted octanol–water partition coefficient (Wildman–Crippen LogP) is 3.35. The molecule has 0 saturated carbocycles. The number of nitro benzene ring substituents is 1. The zero-order chi connectivity index (χ0) is 16.4. The molecule has 3 rings (SSSR count).